The number of hydrogen-bond acceptors (Lipinski definition) is 3. The molecule has 1 heterocycles. The summed E-state index contributed by atoms with van der Waals surface area (Å²) in [6.07, 6.45) is 1.60. The summed E-state index contributed by atoms with van der Waals surface area (Å²) >= 11 is 0.401. The van der Waals surface area contributed by atoms with Gasteiger partial charge in [-0.2, -0.15) is 8.78 Å². The van der Waals surface area contributed by atoms with Gasteiger partial charge in [-0.25, -0.2) is 0 Å². The minimum Gasteiger partial charge on any atom is -0.369 e. The minimum atomic E-state index is -2.54. The van der Waals surface area contributed by atoms with Crippen molar-refractivity contribution in [2.75, 3.05) is 25.0 Å². The van der Waals surface area contributed by atoms with Crippen molar-refractivity contribution < 1.29 is 23.3 Å². The fraction of sp³-hybridized carbons (Fsp3) is 0.467. The molecular formula is C15H20F2N3O2S+. The lowest BCUT2D eigenvalue weighted by molar-refractivity contribution is -0.899. The number of benzene rings is 1. The van der Waals surface area contributed by atoms with Crippen molar-refractivity contribution in [3.8, 4) is 0 Å². The van der Waals surface area contributed by atoms with E-state index in [2.05, 4.69) is 5.32 Å². The number of para-hydroxylation sites is 1. The summed E-state index contributed by atoms with van der Waals surface area (Å²) < 4.78 is 25.1. The van der Waals surface area contributed by atoms with Crippen LogP contribution in [0.3, 0.4) is 0 Å². The molecule has 126 valence electrons. The highest BCUT2D eigenvalue weighted by Crippen LogP contribution is 2.31. The zero-order chi connectivity index (χ0) is 16.8. The van der Waals surface area contributed by atoms with Gasteiger partial charge in [0, 0.05) is 4.90 Å². The molecular weight excluding hydrogens is 324 g/mol. The SMILES string of the molecule is NC(=O)[C@@H]1CCC[NH+](CC(=O)Nc2ccccc2SC(F)F)C1. The number of carbonyl (C=O) groups is 2. The first-order valence-electron chi connectivity index (χ1n) is 7.42. The number of thioether (sulfide) groups is 1. The summed E-state index contributed by atoms with van der Waals surface area (Å²) in [5, 5.41) is 2.68. The third-order valence-electron chi connectivity index (χ3n) is 3.81. The number of rotatable bonds is 6. The van der Waals surface area contributed by atoms with Crippen LogP contribution in [0, 0.1) is 5.92 Å². The van der Waals surface area contributed by atoms with Crippen LogP contribution in [0.2, 0.25) is 0 Å². The van der Waals surface area contributed by atoms with Gasteiger partial charge in [-0.1, -0.05) is 23.9 Å². The van der Waals surface area contributed by atoms with Crippen LogP contribution >= 0.6 is 11.8 Å². The molecule has 1 unspecified atom stereocenters. The maximum absolute atomic E-state index is 12.5. The van der Waals surface area contributed by atoms with E-state index in [1.165, 1.54) is 0 Å². The van der Waals surface area contributed by atoms with Gasteiger partial charge in [-0.05, 0) is 25.0 Å². The number of hydrogen-bond donors (Lipinski definition) is 3. The van der Waals surface area contributed by atoms with Gasteiger partial charge in [-0.15, -0.1) is 0 Å². The summed E-state index contributed by atoms with van der Waals surface area (Å²) in [5.41, 5.74) is 5.70. The summed E-state index contributed by atoms with van der Waals surface area (Å²) in [5.74, 6) is -3.33. The van der Waals surface area contributed by atoms with Crippen LogP contribution in [0.5, 0.6) is 0 Å². The van der Waals surface area contributed by atoms with Crippen LogP contribution in [0.4, 0.5) is 14.5 Å². The highest BCUT2D eigenvalue weighted by molar-refractivity contribution is 7.99. The number of nitrogens with two attached hydrogens (primary N) is 1. The average Bonchev–Trinajstić information content (AvgIpc) is 2.49. The molecule has 0 radical (unpaired) electrons. The van der Waals surface area contributed by atoms with Crippen molar-refractivity contribution in [2.24, 2.45) is 11.7 Å². The maximum Gasteiger partial charge on any atom is 0.288 e. The van der Waals surface area contributed by atoms with Crippen molar-refractivity contribution in [3.05, 3.63) is 24.3 Å². The van der Waals surface area contributed by atoms with Gasteiger partial charge in [0.1, 0.15) is 0 Å². The molecule has 4 N–H and O–H groups in total. The lowest BCUT2D eigenvalue weighted by atomic mass is 9.97. The Morgan fingerprint density at radius 2 is 2.13 bits per heavy atom. The number of nitrogens with one attached hydrogen (secondary N) is 2. The summed E-state index contributed by atoms with van der Waals surface area (Å²) in [4.78, 5) is 24.7. The quantitative estimate of drug-likeness (QED) is 0.666. The highest BCUT2D eigenvalue weighted by Gasteiger charge is 2.28. The number of amides is 2. The number of likely N-dealkylation sites (tertiary alicyclic amines) is 1. The Balaban J connectivity index is 1.93. The molecule has 1 aliphatic heterocycles. The van der Waals surface area contributed by atoms with Crippen LogP contribution in [0.1, 0.15) is 12.8 Å². The molecule has 2 rings (SSSR count). The van der Waals surface area contributed by atoms with Gasteiger partial charge in [0.05, 0.1) is 24.7 Å². The Bertz CT molecular complexity index is 571. The van der Waals surface area contributed by atoms with Gasteiger partial charge >= 0.3 is 0 Å². The van der Waals surface area contributed by atoms with Crippen LogP contribution < -0.4 is 16.0 Å². The van der Waals surface area contributed by atoms with Crippen LogP contribution in [-0.2, 0) is 9.59 Å². The topological polar surface area (TPSA) is 76.6 Å². The molecule has 23 heavy (non-hydrogen) atoms. The second-order valence-corrected chi connectivity index (χ2v) is 6.58. The number of quaternary nitrogens is 1. The van der Waals surface area contributed by atoms with Crippen molar-refractivity contribution in [3.63, 3.8) is 0 Å². The van der Waals surface area contributed by atoms with Crippen molar-refractivity contribution >= 4 is 29.3 Å². The van der Waals surface area contributed by atoms with Crippen molar-refractivity contribution in [1.29, 1.82) is 0 Å². The first-order chi connectivity index (χ1) is 11.0. The van der Waals surface area contributed by atoms with Crippen LogP contribution in [-0.4, -0.2) is 37.2 Å². The second kappa shape index (κ2) is 8.26. The second-order valence-electron chi connectivity index (χ2n) is 5.55. The van der Waals surface area contributed by atoms with E-state index in [9.17, 15) is 18.4 Å². The first kappa shape index (κ1) is 17.7. The Morgan fingerprint density at radius 3 is 2.83 bits per heavy atom. The monoisotopic (exact) mass is 344 g/mol. The first-order valence-corrected chi connectivity index (χ1v) is 8.30. The number of primary amides is 1. The molecule has 5 nitrogen and oxygen atoms in total. The molecule has 2 amide bonds. The van der Waals surface area contributed by atoms with E-state index in [1.54, 1.807) is 24.3 Å². The van der Waals surface area contributed by atoms with E-state index in [0.29, 0.717) is 28.9 Å². The summed E-state index contributed by atoms with van der Waals surface area (Å²) in [6.45, 7) is 1.53. The number of carbonyl (C=O) groups excluding carboxylic acids is 2. The highest BCUT2D eigenvalue weighted by atomic mass is 32.2. The molecule has 8 heteroatoms. The number of alkyl halides is 2. The van der Waals surface area contributed by atoms with Gasteiger partial charge in [-0.3, -0.25) is 9.59 Å². The molecule has 0 saturated carbocycles. The van der Waals surface area contributed by atoms with E-state index in [4.69, 9.17) is 5.73 Å². The Labute approximate surface area is 137 Å². The molecule has 0 bridgehead atoms. The predicted octanol–water partition coefficient (Wildman–Crippen LogP) is 0.720. The van der Waals surface area contributed by atoms with E-state index < -0.39 is 5.76 Å². The Hall–Kier alpha value is -1.67. The molecule has 1 aromatic rings. The standard InChI is InChI=1S/C15H19F2N3O2S/c16-15(17)23-12-6-2-1-5-11(12)19-13(21)9-20-7-3-4-10(8-20)14(18)22/h1-2,5-6,10,15H,3-4,7-9H2,(H2,18,22)(H,19,21)/p+1/t10-/m1/s1. The number of halogens is 2. The minimum absolute atomic E-state index is 0.192. The van der Waals surface area contributed by atoms with E-state index in [0.717, 1.165) is 24.3 Å². The fourth-order valence-corrected chi connectivity index (χ4v) is 3.34. The fourth-order valence-electron chi connectivity index (χ4n) is 2.74. The molecule has 1 fully saturated rings. The summed E-state index contributed by atoms with van der Waals surface area (Å²) in [6, 6.07) is 6.47. The zero-order valence-electron chi connectivity index (χ0n) is 12.6. The smallest absolute Gasteiger partial charge is 0.288 e. The third kappa shape index (κ3) is 5.47. The normalized spacial score (nSPS) is 21.2. The Kier molecular flexibility index (Phi) is 6.35. The lowest BCUT2D eigenvalue weighted by Gasteiger charge is -2.27. The molecule has 1 aromatic carbocycles. The molecule has 0 spiro atoms. The van der Waals surface area contributed by atoms with Gasteiger partial charge in [0.25, 0.3) is 11.7 Å². The van der Waals surface area contributed by atoms with E-state index in [-0.39, 0.29) is 24.3 Å². The zero-order valence-corrected chi connectivity index (χ0v) is 13.4. The van der Waals surface area contributed by atoms with Crippen molar-refractivity contribution in [2.45, 2.75) is 23.5 Å². The molecule has 2 atom stereocenters. The predicted molar refractivity (Wildman–Crippen MR) is 84.4 cm³/mol. The third-order valence-corrected chi connectivity index (χ3v) is 4.60. The largest absolute Gasteiger partial charge is 0.369 e. The van der Waals surface area contributed by atoms with E-state index in [1.807, 2.05) is 0 Å². The lowest BCUT2D eigenvalue weighted by Crippen LogP contribution is -3.14. The molecule has 0 aromatic heterocycles. The Morgan fingerprint density at radius 1 is 1.39 bits per heavy atom. The maximum atomic E-state index is 12.5. The van der Waals surface area contributed by atoms with E-state index >= 15 is 0 Å². The number of anilines is 1. The average molecular weight is 344 g/mol. The van der Waals surface area contributed by atoms with Crippen LogP contribution in [0.15, 0.2) is 29.2 Å². The van der Waals surface area contributed by atoms with Crippen LogP contribution in [0.25, 0.3) is 0 Å². The molecule has 1 saturated heterocycles. The van der Waals surface area contributed by atoms with Gasteiger partial charge in [0.15, 0.2) is 6.54 Å². The van der Waals surface area contributed by atoms with Gasteiger partial charge in [0.2, 0.25) is 5.91 Å². The molecule has 0 aliphatic carbocycles. The summed E-state index contributed by atoms with van der Waals surface area (Å²) in [7, 11) is 0. The van der Waals surface area contributed by atoms with Gasteiger partial charge < -0.3 is 16.0 Å². The number of piperidine rings is 1. The molecule has 1 aliphatic rings. The van der Waals surface area contributed by atoms with Crippen molar-refractivity contribution in [1.82, 2.24) is 0 Å².